The van der Waals surface area contributed by atoms with Gasteiger partial charge in [-0.05, 0) is 18.2 Å². The molecule has 1 rings (SSSR count). The number of hydrogen-bond donors (Lipinski definition) is 2. The zero-order chi connectivity index (χ0) is 8.10. The third-order valence-corrected chi connectivity index (χ3v) is 1.36. The lowest BCUT2D eigenvalue weighted by Crippen LogP contribution is -2.11. The molecule has 0 aromatic carbocycles. The van der Waals surface area contributed by atoms with Gasteiger partial charge >= 0.3 is 0 Å². The van der Waals surface area contributed by atoms with Crippen LogP contribution >= 0.6 is 0 Å². The van der Waals surface area contributed by atoms with Gasteiger partial charge in [0.25, 0.3) is 0 Å². The van der Waals surface area contributed by atoms with Crippen molar-refractivity contribution in [1.29, 1.82) is 0 Å². The van der Waals surface area contributed by atoms with Gasteiger partial charge in [-0.3, -0.25) is 4.98 Å². The molecule has 0 aliphatic heterocycles. The van der Waals surface area contributed by atoms with E-state index in [1.165, 1.54) is 6.20 Å². The molecule has 0 aliphatic rings. The van der Waals surface area contributed by atoms with Crippen LogP contribution in [0.25, 0.3) is 0 Å². The van der Waals surface area contributed by atoms with Crippen LogP contribution in [-0.2, 0) is 6.54 Å². The molecule has 11 heavy (non-hydrogen) atoms. The van der Waals surface area contributed by atoms with Crippen molar-refractivity contribution in [2.24, 2.45) is 0 Å². The van der Waals surface area contributed by atoms with Gasteiger partial charge in [0.1, 0.15) is 5.75 Å². The van der Waals surface area contributed by atoms with Crippen LogP contribution in [0, 0.1) is 0 Å². The van der Waals surface area contributed by atoms with E-state index >= 15 is 0 Å². The molecule has 0 radical (unpaired) electrons. The van der Waals surface area contributed by atoms with Crippen LogP contribution < -0.4 is 5.32 Å². The first-order valence-electron chi connectivity index (χ1n) is 3.66. The van der Waals surface area contributed by atoms with E-state index in [2.05, 4.69) is 10.3 Å². The monoisotopic (exact) mass is 152 g/mol. The van der Waals surface area contributed by atoms with Crippen molar-refractivity contribution in [1.82, 2.24) is 10.3 Å². The van der Waals surface area contributed by atoms with E-state index < -0.39 is 0 Å². The molecule has 1 heterocycles. The predicted octanol–water partition coefficient (Wildman–Crippen LogP) is 0.897. The Kier molecular flexibility index (Phi) is 2.86. The minimum absolute atomic E-state index is 0.223. The van der Waals surface area contributed by atoms with Gasteiger partial charge in [-0.15, -0.1) is 0 Å². The molecule has 2 N–H and O–H groups in total. The Morgan fingerprint density at radius 3 is 3.00 bits per heavy atom. The fraction of sp³-hybridized carbons (Fsp3) is 0.375. The molecule has 0 spiro atoms. The Balaban J connectivity index is 2.56. The number of nitrogens with zero attached hydrogens (tertiary/aromatic N) is 1. The molecule has 0 bridgehead atoms. The molecule has 0 aliphatic carbocycles. The van der Waals surface area contributed by atoms with Crippen molar-refractivity contribution in [3.8, 4) is 5.75 Å². The highest BCUT2D eigenvalue weighted by Gasteiger charge is 1.92. The van der Waals surface area contributed by atoms with Gasteiger partial charge in [-0.1, -0.05) is 6.92 Å². The van der Waals surface area contributed by atoms with Crippen LogP contribution in [0.5, 0.6) is 5.75 Å². The maximum atomic E-state index is 9.02. The van der Waals surface area contributed by atoms with Gasteiger partial charge in [0.15, 0.2) is 0 Å². The Morgan fingerprint density at radius 2 is 2.36 bits per heavy atom. The molecule has 0 fully saturated rings. The first-order valence-corrected chi connectivity index (χ1v) is 3.66. The second-order valence-corrected chi connectivity index (χ2v) is 2.33. The molecule has 3 nitrogen and oxygen atoms in total. The normalized spacial score (nSPS) is 9.91. The van der Waals surface area contributed by atoms with Gasteiger partial charge in [-0.25, -0.2) is 0 Å². The molecule has 0 amide bonds. The molecular weight excluding hydrogens is 140 g/mol. The van der Waals surface area contributed by atoms with Crippen LogP contribution in [0.1, 0.15) is 12.5 Å². The van der Waals surface area contributed by atoms with Gasteiger partial charge in [0.05, 0.1) is 6.20 Å². The molecule has 0 saturated heterocycles. The third kappa shape index (κ3) is 2.55. The first-order chi connectivity index (χ1) is 5.33. The van der Waals surface area contributed by atoms with Gasteiger partial charge in [0.2, 0.25) is 0 Å². The SMILES string of the molecule is CCNCc1cncc(O)c1. The summed E-state index contributed by atoms with van der Waals surface area (Å²) in [4.78, 5) is 3.85. The van der Waals surface area contributed by atoms with E-state index in [0.717, 1.165) is 18.7 Å². The van der Waals surface area contributed by atoms with Crippen LogP contribution in [0.3, 0.4) is 0 Å². The van der Waals surface area contributed by atoms with E-state index in [1.807, 2.05) is 6.92 Å². The lowest BCUT2D eigenvalue weighted by atomic mass is 10.3. The highest BCUT2D eigenvalue weighted by Crippen LogP contribution is 2.07. The van der Waals surface area contributed by atoms with Crippen LogP contribution in [0.2, 0.25) is 0 Å². The fourth-order valence-electron chi connectivity index (χ4n) is 0.840. The van der Waals surface area contributed by atoms with E-state index in [0.29, 0.717) is 0 Å². The maximum Gasteiger partial charge on any atom is 0.134 e. The highest BCUT2D eigenvalue weighted by atomic mass is 16.3. The Morgan fingerprint density at radius 1 is 1.55 bits per heavy atom. The van der Waals surface area contributed by atoms with E-state index in [1.54, 1.807) is 12.3 Å². The lowest BCUT2D eigenvalue weighted by Gasteiger charge is -2.00. The summed E-state index contributed by atoms with van der Waals surface area (Å²) in [5.74, 6) is 0.223. The number of aromatic nitrogens is 1. The van der Waals surface area contributed by atoms with Gasteiger partial charge in [0, 0.05) is 12.7 Å². The Labute approximate surface area is 66.1 Å². The smallest absolute Gasteiger partial charge is 0.134 e. The van der Waals surface area contributed by atoms with Crippen LogP contribution in [0.15, 0.2) is 18.5 Å². The zero-order valence-electron chi connectivity index (χ0n) is 6.54. The van der Waals surface area contributed by atoms with E-state index in [-0.39, 0.29) is 5.75 Å². The van der Waals surface area contributed by atoms with E-state index in [9.17, 15) is 0 Å². The van der Waals surface area contributed by atoms with Crippen molar-refractivity contribution in [3.05, 3.63) is 24.0 Å². The van der Waals surface area contributed by atoms with Crippen LogP contribution in [0.4, 0.5) is 0 Å². The topological polar surface area (TPSA) is 45.2 Å². The van der Waals surface area contributed by atoms with Gasteiger partial charge < -0.3 is 10.4 Å². The summed E-state index contributed by atoms with van der Waals surface area (Å²) in [5.41, 5.74) is 1.01. The standard InChI is InChI=1S/C8H12N2O/c1-2-9-4-7-3-8(11)6-10-5-7/h3,5-6,9,11H,2,4H2,1H3. The second kappa shape index (κ2) is 3.93. The fourth-order valence-corrected chi connectivity index (χ4v) is 0.840. The molecule has 0 unspecified atom stereocenters. The first kappa shape index (κ1) is 8.01. The minimum Gasteiger partial charge on any atom is -0.506 e. The average molecular weight is 152 g/mol. The molecule has 1 aromatic heterocycles. The summed E-state index contributed by atoms with van der Waals surface area (Å²) >= 11 is 0. The third-order valence-electron chi connectivity index (χ3n) is 1.36. The Bertz CT molecular complexity index is 225. The zero-order valence-corrected chi connectivity index (χ0v) is 6.54. The van der Waals surface area contributed by atoms with Crippen molar-refractivity contribution in [2.75, 3.05) is 6.54 Å². The number of rotatable bonds is 3. The lowest BCUT2D eigenvalue weighted by molar-refractivity contribution is 0.471. The largest absolute Gasteiger partial charge is 0.506 e. The highest BCUT2D eigenvalue weighted by molar-refractivity contribution is 5.21. The quantitative estimate of drug-likeness (QED) is 0.676. The number of pyridine rings is 1. The number of hydrogen-bond acceptors (Lipinski definition) is 3. The van der Waals surface area contributed by atoms with E-state index in [4.69, 9.17) is 5.11 Å². The summed E-state index contributed by atoms with van der Waals surface area (Å²) in [6.45, 7) is 3.73. The molecule has 1 aromatic rings. The second-order valence-electron chi connectivity index (χ2n) is 2.33. The van der Waals surface area contributed by atoms with Crippen LogP contribution in [-0.4, -0.2) is 16.6 Å². The minimum atomic E-state index is 0.223. The summed E-state index contributed by atoms with van der Waals surface area (Å²) in [6.07, 6.45) is 3.16. The maximum absolute atomic E-state index is 9.02. The van der Waals surface area contributed by atoms with Crippen molar-refractivity contribution < 1.29 is 5.11 Å². The molecule has 3 heteroatoms. The molecular formula is C8H12N2O. The summed E-state index contributed by atoms with van der Waals surface area (Å²) in [6, 6.07) is 1.70. The molecule has 60 valence electrons. The number of aromatic hydroxyl groups is 1. The summed E-state index contributed by atoms with van der Waals surface area (Å²) in [5, 5.41) is 12.2. The average Bonchev–Trinajstić information content (AvgIpc) is 2.01. The number of nitrogens with one attached hydrogen (secondary N) is 1. The summed E-state index contributed by atoms with van der Waals surface area (Å²) < 4.78 is 0. The van der Waals surface area contributed by atoms with Crippen molar-refractivity contribution in [3.63, 3.8) is 0 Å². The molecule has 0 atom stereocenters. The van der Waals surface area contributed by atoms with Gasteiger partial charge in [-0.2, -0.15) is 0 Å². The van der Waals surface area contributed by atoms with Crippen molar-refractivity contribution in [2.45, 2.75) is 13.5 Å². The predicted molar refractivity (Wildman–Crippen MR) is 43.3 cm³/mol. The van der Waals surface area contributed by atoms with Crippen molar-refractivity contribution >= 4 is 0 Å². The Hall–Kier alpha value is -1.09. The summed E-state index contributed by atoms with van der Waals surface area (Å²) in [7, 11) is 0. The molecule has 0 saturated carbocycles.